The minimum Gasteiger partial charge on any atom is -0.483 e. The van der Waals surface area contributed by atoms with Crippen molar-refractivity contribution in [3.63, 3.8) is 0 Å². The van der Waals surface area contributed by atoms with Crippen LogP contribution in [0.3, 0.4) is 0 Å². The summed E-state index contributed by atoms with van der Waals surface area (Å²) in [5, 5.41) is 4.32. The van der Waals surface area contributed by atoms with Gasteiger partial charge in [0.1, 0.15) is 11.5 Å². The van der Waals surface area contributed by atoms with Crippen LogP contribution >= 0.6 is 0 Å². The molecule has 2 heterocycles. The van der Waals surface area contributed by atoms with Gasteiger partial charge in [0.15, 0.2) is 0 Å². The zero-order valence-corrected chi connectivity index (χ0v) is 17.9. The van der Waals surface area contributed by atoms with Crippen LogP contribution in [0.5, 0.6) is 5.75 Å². The number of carbonyl (C=O) groups is 1. The highest BCUT2D eigenvalue weighted by Crippen LogP contribution is 2.30. The van der Waals surface area contributed by atoms with Crippen LogP contribution in [0.1, 0.15) is 45.4 Å². The summed E-state index contributed by atoms with van der Waals surface area (Å²) in [6.45, 7) is 4.44. The second-order valence-corrected chi connectivity index (χ2v) is 8.20. The molecule has 31 heavy (non-hydrogen) atoms. The summed E-state index contributed by atoms with van der Waals surface area (Å²) in [5.74, 6) is 0.00475. The number of amides is 1. The molecule has 1 aliphatic heterocycles. The minimum absolute atomic E-state index is 0.00207. The number of halogens is 1. The summed E-state index contributed by atoms with van der Waals surface area (Å²) in [7, 11) is 0. The molecule has 1 saturated carbocycles. The van der Waals surface area contributed by atoms with Gasteiger partial charge in [0, 0.05) is 32.6 Å². The van der Waals surface area contributed by atoms with Crippen LogP contribution in [0, 0.1) is 5.82 Å². The number of anilines is 1. The van der Waals surface area contributed by atoms with E-state index in [1.54, 1.807) is 18.3 Å². The first-order valence-electron chi connectivity index (χ1n) is 11.1. The summed E-state index contributed by atoms with van der Waals surface area (Å²) in [4.78, 5) is 29.5. The van der Waals surface area contributed by atoms with Crippen LogP contribution in [0.25, 0.3) is 5.69 Å². The molecule has 0 N–H and O–H groups in total. The van der Waals surface area contributed by atoms with Crippen molar-refractivity contribution < 1.29 is 13.9 Å². The first-order chi connectivity index (χ1) is 15.1. The zero-order valence-electron chi connectivity index (χ0n) is 17.9. The van der Waals surface area contributed by atoms with E-state index >= 15 is 0 Å². The van der Waals surface area contributed by atoms with E-state index in [9.17, 15) is 14.0 Å². The van der Waals surface area contributed by atoms with Crippen LogP contribution in [0.4, 0.5) is 10.1 Å². The number of piperazine rings is 1. The number of rotatable bonds is 6. The molecule has 166 valence electrons. The molecule has 0 radical (unpaired) electrons. The molecule has 1 saturated heterocycles. The Morgan fingerprint density at radius 2 is 1.94 bits per heavy atom. The molecule has 1 amide bonds. The fourth-order valence-electron chi connectivity index (χ4n) is 4.30. The smallest absolute Gasteiger partial charge is 0.316 e. The zero-order chi connectivity index (χ0) is 21.8. The quantitative estimate of drug-likeness (QED) is 0.707. The van der Waals surface area contributed by atoms with Gasteiger partial charge in [-0.15, -0.1) is 0 Å². The summed E-state index contributed by atoms with van der Waals surface area (Å²) in [5.41, 5.74) is 0.620. The Kier molecular flexibility index (Phi) is 6.53. The first kappa shape index (κ1) is 21.3. The van der Waals surface area contributed by atoms with Gasteiger partial charge in [-0.3, -0.25) is 9.59 Å². The van der Waals surface area contributed by atoms with Crippen molar-refractivity contribution in [1.82, 2.24) is 14.7 Å². The summed E-state index contributed by atoms with van der Waals surface area (Å²) in [6, 6.07) is 5.81. The fourth-order valence-corrected chi connectivity index (χ4v) is 4.30. The second kappa shape index (κ2) is 9.49. The van der Waals surface area contributed by atoms with Crippen molar-refractivity contribution in [3.05, 3.63) is 46.6 Å². The summed E-state index contributed by atoms with van der Waals surface area (Å²) >= 11 is 0. The van der Waals surface area contributed by atoms with E-state index < -0.39 is 5.82 Å². The standard InChI is InChI=1S/C23H29FN4O3/c1-2-6-21(29)27-13-11-26(12-14-27)20-16-25-28(18-8-5-7-17(24)15-18)23(30)22(20)31-19-9-3-4-10-19/h5,7-8,15-16,19H,2-4,6,9-14H2,1H3. The molecular weight excluding hydrogens is 399 g/mol. The topological polar surface area (TPSA) is 67.7 Å². The van der Waals surface area contributed by atoms with Crippen LogP contribution in [-0.2, 0) is 4.79 Å². The molecule has 0 atom stereocenters. The number of ether oxygens (including phenoxy) is 1. The molecule has 8 heteroatoms. The Balaban J connectivity index is 1.63. The van der Waals surface area contributed by atoms with Crippen LogP contribution < -0.4 is 15.2 Å². The van der Waals surface area contributed by atoms with Crippen molar-refractivity contribution in [2.75, 3.05) is 31.1 Å². The molecule has 1 aromatic heterocycles. The Morgan fingerprint density at radius 3 is 2.61 bits per heavy atom. The Labute approximate surface area is 181 Å². The van der Waals surface area contributed by atoms with Gasteiger partial charge in [0.25, 0.3) is 0 Å². The Hall–Kier alpha value is -2.90. The van der Waals surface area contributed by atoms with Gasteiger partial charge in [0.05, 0.1) is 18.0 Å². The Morgan fingerprint density at radius 1 is 1.19 bits per heavy atom. The molecule has 0 spiro atoms. The molecule has 1 aromatic carbocycles. The average Bonchev–Trinajstić information content (AvgIpc) is 3.29. The van der Waals surface area contributed by atoms with E-state index in [-0.39, 0.29) is 23.3 Å². The predicted octanol–water partition coefficient (Wildman–Crippen LogP) is 3.14. The molecule has 1 aliphatic carbocycles. The van der Waals surface area contributed by atoms with Crippen molar-refractivity contribution in [1.29, 1.82) is 0 Å². The molecule has 2 fully saturated rings. The van der Waals surface area contributed by atoms with E-state index in [2.05, 4.69) is 10.00 Å². The van der Waals surface area contributed by atoms with E-state index in [4.69, 9.17) is 4.74 Å². The van der Waals surface area contributed by atoms with Crippen LogP contribution in [0.15, 0.2) is 35.3 Å². The lowest BCUT2D eigenvalue weighted by atomic mass is 10.2. The number of hydrogen-bond donors (Lipinski definition) is 0. The first-order valence-corrected chi connectivity index (χ1v) is 11.1. The maximum Gasteiger partial charge on any atom is 0.316 e. The SMILES string of the molecule is CCCC(=O)N1CCN(c2cnn(-c3cccc(F)c3)c(=O)c2OC2CCCC2)CC1. The maximum atomic E-state index is 13.7. The number of nitrogens with zero attached hydrogens (tertiary/aromatic N) is 4. The third kappa shape index (κ3) is 4.73. The van der Waals surface area contributed by atoms with Crippen molar-refractivity contribution in [2.45, 2.75) is 51.6 Å². The van der Waals surface area contributed by atoms with E-state index in [0.717, 1.165) is 32.1 Å². The normalized spacial score (nSPS) is 17.2. The van der Waals surface area contributed by atoms with Gasteiger partial charge < -0.3 is 14.5 Å². The molecule has 0 bridgehead atoms. The Bertz CT molecular complexity index is 979. The molecule has 2 aromatic rings. The van der Waals surface area contributed by atoms with Gasteiger partial charge in [0.2, 0.25) is 11.7 Å². The van der Waals surface area contributed by atoms with Gasteiger partial charge in [-0.2, -0.15) is 9.78 Å². The predicted molar refractivity (Wildman–Crippen MR) is 116 cm³/mol. The lowest BCUT2D eigenvalue weighted by Crippen LogP contribution is -2.49. The number of benzene rings is 1. The summed E-state index contributed by atoms with van der Waals surface area (Å²) < 4.78 is 21.1. The largest absolute Gasteiger partial charge is 0.483 e. The fraction of sp³-hybridized carbons (Fsp3) is 0.522. The number of aromatic nitrogens is 2. The highest BCUT2D eigenvalue weighted by molar-refractivity contribution is 5.76. The monoisotopic (exact) mass is 428 g/mol. The third-order valence-electron chi connectivity index (χ3n) is 5.99. The second-order valence-electron chi connectivity index (χ2n) is 8.20. The molecule has 7 nitrogen and oxygen atoms in total. The highest BCUT2D eigenvalue weighted by atomic mass is 19.1. The van der Waals surface area contributed by atoms with Crippen molar-refractivity contribution in [2.24, 2.45) is 0 Å². The van der Waals surface area contributed by atoms with Gasteiger partial charge in [-0.05, 0) is 50.3 Å². The number of carbonyl (C=O) groups excluding carboxylic acids is 1. The lowest BCUT2D eigenvalue weighted by Gasteiger charge is -2.36. The number of hydrogen-bond acceptors (Lipinski definition) is 5. The molecule has 2 aliphatic rings. The van der Waals surface area contributed by atoms with Gasteiger partial charge in [-0.1, -0.05) is 13.0 Å². The van der Waals surface area contributed by atoms with Crippen molar-refractivity contribution in [3.8, 4) is 11.4 Å². The van der Waals surface area contributed by atoms with Crippen LogP contribution in [-0.4, -0.2) is 52.9 Å². The maximum absolute atomic E-state index is 13.7. The average molecular weight is 429 g/mol. The molecule has 0 unspecified atom stereocenters. The van der Waals surface area contributed by atoms with E-state index in [1.165, 1.54) is 16.8 Å². The van der Waals surface area contributed by atoms with E-state index in [0.29, 0.717) is 44.0 Å². The highest BCUT2D eigenvalue weighted by Gasteiger charge is 2.27. The van der Waals surface area contributed by atoms with Crippen molar-refractivity contribution >= 4 is 11.6 Å². The van der Waals surface area contributed by atoms with Gasteiger partial charge >= 0.3 is 5.56 Å². The van der Waals surface area contributed by atoms with E-state index in [1.807, 2.05) is 11.8 Å². The minimum atomic E-state index is -0.429. The lowest BCUT2D eigenvalue weighted by molar-refractivity contribution is -0.131. The molecular formula is C23H29FN4O3. The van der Waals surface area contributed by atoms with Crippen LogP contribution in [0.2, 0.25) is 0 Å². The summed E-state index contributed by atoms with van der Waals surface area (Å²) in [6.07, 6.45) is 7.02. The molecule has 4 rings (SSSR count). The van der Waals surface area contributed by atoms with Gasteiger partial charge in [-0.25, -0.2) is 4.39 Å². The third-order valence-corrected chi connectivity index (χ3v) is 5.99.